The highest BCUT2D eigenvalue weighted by atomic mass is 19.2. The molecule has 2 aromatic rings. The van der Waals surface area contributed by atoms with Crippen molar-refractivity contribution in [2.75, 3.05) is 0 Å². The Balaban J connectivity index is 2.25. The summed E-state index contributed by atoms with van der Waals surface area (Å²) in [7, 11) is 0. The smallest absolute Gasteiger partial charge is 0.162 e. The first-order chi connectivity index (χ1) is 8.56. The van der Waals surface area contributed by atoms with Crippen molar-refractivity contribution < 1.29 is 18.3 Å². The number of carbonyl (C=O) groups excluding carboxylic acids is 1. The summed E-state index contributed by atoms with van der Waals surface area (Å²) >= 11 is 0. The van der Waals surface area contributed by atoms with Crippen LogP contribution >= 0.6 is 0 Å². The third-order valence-electron chi connectivity index (χ3n) is 2.37. The second kappa shape index (κ2) is 4.96. The van der Waals surface area contributed by atoms with E-state index >= 15 is 0 Å². The zero-order chi connectivity index (χ0) is 13.1. The van der Waals surface area contributed by atoms with E-state index in [4.69, 9.17) is 4.74 Å². The molecule has 0 aliphatic carbocycles. The van der Waals surface area contributed by atoms with Gasteiger partial charge in [-0.2, -0.15) is 0 Å². The molecule has 0 fully saturated rings. The third kappa shape index (κ3) is 2.71. The Labute approximate surface area is 103 Å². The standard InChI is InChI=1S/C14H10F2O2/c1-9(17)10-3-2-4-11(7-10)18-12-5-6-13(15)14(16)8-12/h2-8H,1H3. The minimum Gasteiger partial charge on any atom is -0.457 e. The van der Waals surface area contributed by atoms with Gasteiger partial charge in [-0.15, -0.1) is 0 Å². The quantitative estimate of drug-likeness (QED) is 0.768. The van der Waals surface area contributed by atoms with Crippen molar-refractivity contribution in [1.29, 1.82) is 0 Å². The number of Topliss-reactive ketones (excluding diaryl/α,β-unsaturated/α-hetero) is 1. The molecule has 92 valence electrons. The molecule has 0 N–H and O–H groups in total. The maximum absolute atomic E-state index is 13.0. The van der Waals surface area contributed by atoms with Gasteiger partial charge in [0.05, 0.1) is 0 Å². The molecule has 0 aliphatic heterocycles. The van der Waals surface area contributed by atoms with Crippen LogP contribution < -0.4 is 4.74 Å². The first-order valence-electron chi connectivity index (χ1n) is 5.30. The van der Waals surface area contributed by atoms with Crippen molar-refractivity contribution in [2.45, 2.75) is 6.92 Å². The Morgan fingerprint density at radius 1 is 1.00 bits per heavy atom. The Bertz CT molecular complexity index is 594. The third-order valence-corrected chi connectivity index (χ3v) is 2.37. The molecule has 0 atom stereocenters. The maximum Gasteiger partial charge on any atom is 0.162 e. The number of hydrogen-bond donors (Lipinski definition) is 0. The Kier molecular flexibility index (Phi) is 3.37. The van der Waals surface area contributed by atoms with Crippen LogP contribution in [-0.4, -0.2) is 5.78 Å². The van der Waals surface area contributed by atoms with E-state index in [2.05, 4.69) is 0 Å². The van der Waals surface area contributed by atoms with Crippen molar-refractivity contribution in [2.24, 2.45) is 0 Å². The molecule has 0 radical (unpaired) electrons. The average molecular weight is 248 g/mol. The first-order valence-corrected chi connectivity index (χ1v) is 5.30. The molecule has 0 aromatic heterocycles. The molecule has 0 saturated carbocycles. The average Bonchev–Trinajstić information content (AvgIpc) is 2.34. The summed E-state index contributed by atoms with van der Waals surface area (Å²) in [6.07, 6.45) is 0. The SMILES string of the molecule is CC(=O)c1cccc(Oc2ccc(F)c(F)c2)c1. The van der Waals surface area contributed by atoms with Crippen LogP contribution in [0.1, 0.15) is 17.3 Å². The monoisotopic (exact) mass is 248 g/mol. The Hall–Kier alpha value is -2.23. The van der Waals surface area contributed by atoms with Gasteiger partial charge >= 0.3 is 0 Å². The maximum atomic E-state index is 13.0. The van der Waals surface area contributed by atoms with E-state index in [-0.39, 0.29) is 11.5 Å². The molecule has 4 heteroatoms. The summed E-state index contributed by atoms with van der Waals surface area (Å²) in [5, 5.41) is 0. The van der Waals surface area contributed by atoms with Gasteiger partial charge in [-0.25, -0.2) is 8.78 Å². The zero-order valence-electron chi connectivity index (χ0n) is 9.61. The second-order valence-electron chi connectivity index (χ2n) is 3.76. The van der Waals surface area contributed by atoms with Crippen LogP contribution in [-0.2, 0) is 0 Å². The van der Waals surface area contributed by atoms with E-state index in [9.17, 15) is 13.6 Å². The van der Waals surface area contributed by atoms with Crippen LogP contribution in [0.25, 0.3) is 0 Å². The van der Waals surface area contributed by atoms with Gasteiger partial charge in [-0.05, 0) is 31.2 Å². The molecule has 2 rings (SSSR count). The lowest BCUT2D eigenvalue weighted by Crippen LogP contribution is -1.93. The number of carbonyl (C=O) groups is 1. The van der Waals surface area contributed by atoms with Crippen LogP contribution in [0.4, 0.5) is 8.78 Å². The fraction of sp³-hybridized carbons (Fsp3) is 0.0714. The number of benzene rings is 2. The van der Waals surface area contributed by atoms with Crippen LogP contribution in [0.15, 0.2) is 42.5 Å². The summed E-state index contributed by atoms with van der Waals surface area (Å²) < 4.78 is 31.1. The number of halogens is 2. The molecular formula is C14H10F2O2. The van der Waals surface area contributed by atoms with Crippen molar-refractivity contribution >= 4 is 5.78 Å². The molecule has 2 nitrogen and oxygen atoms in total. The van der Waals surface area contributed by atoms with Crippen LogP contribution in [0.5, 0.6) is 11.5 Å². The first kappa shape index (κ1) is 12.2. The van der Waals surface area contributed by atoms with Crippen molar-refractivity contribution in [3.63, 3.8) is 0 Å². The molecule has 0 saturated heterocycles. The van der Waals surface area contributed by atoms with E-state index in [0.29, 0.717) is 11.3 Å². The molecule has 18 heavy (non-hydrogen) atoms. The lowest BCUT2D eigenvalue weighted by atomic mass is 10.1. The fourth-order valence-electron chi connectivity index (χ4n) is 1.46. The van der Waals surface area contributed by atoms with Gasteiger partial charge < -0.3 is 4.74 Å². The van der Waals surface area contributed by atoms with Crippen LogP contribution in [0.3, 0.4) is 0 Å². The molecular weight excluding hydrogens is 238 g/mol. The number of hydrogen-bond acceptors (Lipinski definition) is 2. The van der Waals surface area contributed by atoms with Crippen molar-refractivity contribution in [3.05, 3.63) is 59.7 Å². The largest absolute Gasteiger partial charge is 0.457 e. The molecule has 0 aliphatic rings. The number of ether oxygens (including phenoxy) is 1. The van der Waals surface area contributed by atoms with Gasteiger partial charge in [-0.3, -0.25) is 4.79 Å². The fourth-order valence-corrected chi connectivity index (χ4v) is 1.46. The van der Waals surface area contributed by atoms with Crippen LogP contribution in [0, 0.1) is 11.6 Å². The summed E-state index contributed by atoms with van der Waals surface area (Å²) in [5.74, 6) is -1.43. The summed E-state index contributed by atoms with van der Waals surface area (Å²) in [5.41, 5.74) is 0.495. The highest BCUT2D eigenvalue weighted by molar-refractivity contribution is 5.94. The van der Waals surface area contributed by atoms with E-state index in [1.165, 1.54) is 13.0 Å². The molecule has 0 heterocycles. The second-order valence-corrected chi connectivity index (χ2v) is 3.76. The summed E-state index contributed by atoms with van der Waals surface area (Å²) in [6, 6.07) is 9.75. The minimum absolute atomic E-state index is 0.0919. The van der Waals surface area contributed by atoms with Crippen molar-refractivity contribution in [1.82, 2.24) is 0 Å². The highest BCUT2D eigenvalue weighted by Gasteiger charge is 2.05. The summed E-state index contributed by atoms with van der Waals surface area (Å²) in [4.78, 5) is 11.2. The van der Waals surface area contributed by atoms with Crippen LogP contribution in [0.2, 0.25) is 0 Å². The van der Waals surface area contributed by atoms with Gasteiger partial charge in [0.25, 0.3) is 0 Å². The van der Waals surface area contributed by atoms with Gasteiger partial charge in [0.1, 0.15) is 11.5 Å². The predicted octanol–water partition coefficient (Wildman–Crippen LogP) is 3.96. The predicted molar refractivity (Wildman–Crippen MR) is 62.9 cm³/mol. The number of ketones is 1. The van der Waals surface area contributed by atoms with E-state index in [1.807, 2.05) is 0 Å². The lowest BCUT2D eigenvalue weighted by Gasteiger charge is -2.06. The minimum atomic E-state index is -0.977. The van der Waals surface area contributed by atoms with Gasteiger partial charge in [0.15, 0.2) is 17.4 Å². The lowest BCUT2D eigenvalue weighted by molar-refractivity contribution is 0.101. The van der Waals surface area contributed by atoms with Gasteiger partial charge in [0, 0.05) is 11.6 Å². The number of rotatable bonds is 3. The van der Waals surface area contributed by atoms with Gasteiger partial charge in [-0.1, -0.05) is 12.1 Å². The molecule has 0 bridgehead atoms. The van der Waals surface area contributed by atoms with Crippen molar-refractivity contribution in [3.8, 4) is 11.5 Å². The highest BCUT2D eigenvalue weighted by Crippen LogP contribution is 2.23. The van der Waals surface area contributed by atoms with E-state index < -0.39 is 11.6 Å². The Morgan fingerprint density at radius 2 is 1.72 bits per heavy atom. The molecule has 0 spiro atoms. The molecule has 0 amide bonds. The van der Waals surface area contributed by atoms with Gasteiger partial charge in [0.2, 0.25) is 0 Å². The molecule has 0 unspecified atom stereocenters. The zero-order valence-corrected chi connectivity index (χ0v) is 9.61. The van der Waals surface area contributed by atoms with E-state index in [1.54, 1.807) is 24.3 Å². The molecule has 2 aromatic carbocycles. The summed E-state index contributed by atoms with van der Waals surface area (Å²) in [6.45, 7) is 1.44. The Morgan fingerprint density at radius 3 is 2.39 bits per heavy atom. The topological polar surface area (TPSA) is 26.3 Å². The normalized spacial score (nSPS) is 10.2. The van der Waals surface area contributed by atoms with E-state index in [0.717, 1.165) is 12.1 Å².